The van der Waals surface area contributed by atoms with Crippen molar-refractivity contribution in [2.45, 2.75) is 45.4 Å². The Balaban J connectivity index is 2.55. The molecule has 3 nitrogen and oxygen atoms in total. The summed E-state index contributed by atoms with van der Waals surface area (Å²) < 4.78 is 0. The normalized spacial score (nSPS) is 12.7. The van der Waals surface area contributed by atoms with Crippen molar-refractivity contribution in [3.63, 3.8) is 0 Å². The van der Waals surface area contributed by atoms with Crippen LogP contribution < -0.4 is 0 Å². The molecule has 0 unspecified atom stereocenters. The highest BCUT2D eigenvalue weighted by Gasteiger charge is 2.31. The standard InChI is InChI=1S/C17H21NO2/c1-16(2,3)12-7-8-13-11(10-12)6-9-14(18-13)17(4,5)15(19)20/h6-10H,1-5H3,(H,19,20). The summed E-state index contributed by atoms with van der Waals surface area (Å²) in [5, 5.41) is 10.3. The lowest BCUT2D eigenvalue weighted by molar-refractivity contribution is -0.142. The average Bonchev–Trinajstić information content (AvgIpc) is 2.36. The zero-order valence-corrected chi connectivity index (χ0v) is 12.7. The van der Waals surface area contributed by atoms with E-state index in [9.17, 15) is 9.90 Å². The van der Waals surface area contributed by atoms with Crippen molar-refractivity contribution in [3.05, 3.63) is 41.6 Å². The van der Waals surface area contributed by atoms with Gasteiger partial charge in [-0.1, -0.05) is 32.9 Å². The van der Waals surface area contributed by atoms with E-state index in [1.807, 2.05) is 18.2 Å². The van der Waals surface area contributed by atoms with Crippen LogP contribution in [0.4, 0.5) is 0 Å². The Kier molecular flexibility index (Phi) is 3.32. The van der Waals surface area contributed by atoms with Crippen LogP contribution >= 0.6 is 0 Å². The minimum absolute atomic E-state index is 0.0905. The molecule has 2 aromatic rings. The van der Waals surface area contributed by atoms with Gasteiger partial charge in [-0.15, -0.1) is 0 Å². The number of carboxylic acids is 1. The van der Waals surface area contributed by atoms with Crippen LogP contribution in [0.25, 0.3) is 10.9 Å². The van der Waals surface area contributed by atoms with Gasteiger partial charge in [0.2, 0.25) is 0 Å². The molecule has 0 aliphatic rings. The second kappa shape index (κ2) is 4.58. The second-order valence-corrected chi connectivity index (χ2v) is 6.78. The molecule has 0 saturated carbocycles. The van der Waals surface area contributed by atoms with Gasteiger partial charge in [0.05, 0.1) is 11.2 Å². The summed E-state index contributed by atoms with van der Waals surface area (Å²) in [6.07, 6.45) is 0. The highest BCUT2D eigenvalue weighted by atomic mass is 16.4. The van der Waals surface area contributed by atoms with Crippen molar-refractivity contribution >= 4 is 16.9 Å². The summed E-state index contributed by atoms with van der Waals surface area (Å²) in [6, 6.07) is 9.92. The van der Waals surface area contributed by atoms with Crippen molar-refractivity contribution in [3.8, 4) is 0 Å². The van der Waals surface area contributed by atoms with Crippen LogP contribution in [0.2, 0.25) is 0 Å². The topological polar surface area (TPSA) is 50.2 Å². The highest BCUT2D eigenvalue weighted by Crippen LogP contribution is 2.28. The first kappa shape index (κ1) is 14.5. The first-order valence-corrected chi connectivity index (χ1v) is 6.77. The van der Waals surface area contributed by atoms with Gasteiger partial charge in [0.25, 0.3) is 0 Å². The Morgan fingerprint density at radius 3 is 2.25 bits per heavy atom. The van der Waals surface area contributed by atoms with Crippen LogP contribution in [0.15, 0.2) is 30.3 Å². The number of aromatic nitrogens is 1. The van der Waals surface area contributed by atoms with Gasteiger partial charge in [-0.05, 0) is 43.0 Å². The van der Waals surface area contributed by atoms with Crippen molar-refractivity contribution in [2.24, 2.45) is 0 Å². The van der Waals surface area contributed by atoms with Gasteiger partial charge in [0.1, 0.15) is 5.41 Å². The Labute approximate surface area is 119 Å². The lowest BCUT2D eigenvalue weighted by atomic mass is 9.85. The zero-order valence-electron chi connectivity index (χ0n) is 12.7. The number of hydrogen-bond donors (Lipinski definition) is 1. The second-order valence-electron chi connectivity index (χ2n) is 6.78. The van der Waals surface area contributed by atoms with Gasteiger partial charge in [-0.2, -0.15) is 0 Å². The molecule has 1 N–H and O–H groups in total. The van der Waals surface area contributed by atoms with E-state index in [0.29, 0.717) is 5.69 Å². The number of carboxylic acid groups (broad SMARTS) is 1. The predicted octanol–water partition coefficient (Wildman–Crippen LogP) is 3.89. The van der Waals surface area contributed by atoms with E-state index in [1.165, 1.54) is 5.56 Å². The minimum atomic E-state index is -0.975. The van der Waals surface area contributed by atoms with Crippen LogP contribution in [-0.2, 0) is 15.6 Å². The van der Waals surface area contributed by atoms with Crippen molar-refractivity contribution in [1.29, 1.82) is 0 Å². The molecule has 0 bridgehead atoms. The Morgan fingerprint density at radius 2 is 1.70 bits per heavy atom. The molecule has 3 heteroatoms. The molecule has 1 aromatic heterocycles. The van der Waals surface area contributed by atoms with Crippen molar-refractivity contribution in [1.82, 2.24) is 4.98 Å². The Hall–Kier alpha value is -1.90. The number of benzene rings is 1. The fourth-order valence-corrected chi connectivity index (χ4v) is 2.05. The maximum Gasteiger partial charge on any atom is 0.315 e. The molecule has 0 atom stereocenters. The van der Waals surface area contributed by atoms with Gasteiger partial charge in [-0.25, -0.2) is 0 Å². The molecular formula is C17H21NO2. The van der Waals surface area contributed by atoms with Gasteiger partial charge >= 0.3 is 5.97 Å². The molecule has 106 valence electrons. The van der Waals surface area contributed by atoms with E-state index in [2.05, 4.69) is 37.9 Å². The summed E-state index contributed by atoms with van der Waals surface area (Å²) in [6.45, 7) is 9.86. The minimum Gasteiger partial charge on any atom is -0.481 e. The summed E-state index contributed by atoms with van der Waals surface area (Å²) in [5.74, 6) is -0.865. The number of hydrogen-bond acceptors (Lipinski definition) is 2. The lowest BCUT2D eigenvalue weighted by Crippen LogP contribution is -2.29. The molecule has 0 radical (unpaired) electrons. The maximum atomic E-state index is 11.3. The monoisotopic (exact) mass is 271 g/mol. The molecule has 0 aliphatic heterocycles. The molecule has 0 saturated heterocycles. The fourth-order valence-electron chi connectivity index (χ4n) is 2.05. The van der Waals surface area contributed by atoms with Crippen LogP contribution in [0.3, 0.4) is 0 Å². The van der Waals surface area contributed by atoms with Gasteiger partial charge < -0.3 is 5.11 Å². The van der Waals surface area contributed by atoms with E-state index in [-0.39, 0.29) is 5.41 Å². The van der Waals surface area contributed by atoms with E-state index >= 15 is 0 Å². The zero-order chi connectivity index (χ0) is 15.1. The van der Waals surface area contributed by atoms with Gasteiger partial charge in [-0.3, -0.25) is 9.78 Å². The van der Waals surface area contributed by atoms with Crippen molar-refractivity contribution < 1.29 is 9.90 Å². The van der Waals surface area contributed by atoms with Crippen LogP contribution in [0.5, 0.6) is 0 Å². The number of aliphatic carboxylic acids is 1. The third-order valence-electron chi connectivity index (χ3n) is 3.73. The maximum absolute atomic E-state index is 11.3. The Bertz CT molecular complexity index is 666. The molecule has 20 heavy (non-hydrogen) atoms. The van der Waals surface area contributed by atoms with Gasteiger partial charge in [0.15, 0.2) is 0 Å². The number of pyridine rings is 1. The molecule has 0 fully saturated rings. The molecule has 1 aromatic carbocycles. The highest BCUT2D eigenvalue weighted by molar-refractivity contribution is 5.83. The van der Waals surface area contributed by atoms with E-state index < -0.39 is 11.4 Å². The number of nitrogens with zero attached hydrogens (tertiary/aromatic N) is 1. The molecular weight excluding hydrogens is 250 g/mol. The SMILES string of the molecule is CC(C)(C)c1ccc2nc(C(C)(C)C(=O)O)ccc2c1. The third kappa shape index (κ3) is 2.53. The Morgan fingerprint density at radius 1 is 1.05 bits per heavy atom. The number of rotatable bonds is 2. The first-order chi connectivity index (χ1) is 9.12. The molecule has 0 amide bonds. The quantitative estimate of drug-likeness (QED) is 0.901. The average molecular weight is 271 g/mol. The van der Waals surface area contributed by atoms with E-state index in [0.717, 1.165) is 10.9 Å². The van der Waals surface area contributed by atoms with E-state index in [1.54, 1.807) is 13.8 Å². The smallest absolute Gasteiger partial charge is 0.315 e. The molecule has 1 heterocycles. The lowest BCUT2D eigenvalue weighted by Gasteiger charge is -2.21. The van der Waals surface area contributed by atoms with E-state index in [4.69, 9.17) is 0 Å². The summed E-state index contributed by atoms with van der Waals surface area (Å²) in [4.78, 5) is 15.8. The van der Waals surface area contributed by atoms with Gasteiger partial charge in [0, 0.05) is 5.39 Å². The van der Waals surface area contributed by atoms with Crippen LogP contribution in [0, 0.1) is 0 Å². The molecule has 0 aliphatic carbocycles. The summed E-state index contributed by atoms with van der Waals surface area (Å²) in [5.41, 5.74) is 1.78. The number of carbonyl (C=O) groups is 1. The van der Waals surface area contributed by atoms with Crippen LogP contribution in [0.1, 0.15) is 45.9 Å². The fraction of sp³-hybridized carbons (Fsp3) is 0.412. The van der Waals surface area contributed by atoms with Crippen molar-refractivity contribution in [2.75, 3.05) is 0 Å². The third-order valence-corrected chi connectivity index (χ3v) is 3.73. The largest absolute Gasteiger partial charge is 0.481 e. The summed E-state index contributed by atoms with van der Waals surface area (Å²) >= 11 is 0. The number of fused-ring (bicyclic) bond motifs is 1. The first-order valence-electron chi connectivity index (χ1n) is 6.77. The summed E-state index contributed by atoms with van der Waals surface area (Å²) in [7, 11) is 0. The predicted molar refractivity (Wildman–Crippen MR) is 81.1 cm³/mol. The molecule has 0 spiro atoms. The van der Waals surface area contributed by atoms with Crippen LogP contribution in [-0.4, -0.2) is 16.1 Å². The molecule has 2 rings (SSSR count).